The largest absolute Gasteiger partial charge is 0.454 e. The number of fused-ring (bicyclic) bond motifs is 1. The van der Waals surface area contributed by atoms with E-state index < -0.39 is 17.6 Å². The fraction of sp³-hybridized carbons (Fsp3) is 0.312. The van der Waals surface area contributed by atoms with Crippen molar-refractivity contribution >= 4 is 16.9 Å². The molecular formula is C16H20N2O2. The quantitative estimate of drug-likeness (QED) is 0.649. The fourth-order valence-electron chi connectivity index (χ4n) is 2.00. The van der Waals surface area contributed by atoms with E-state index in [2.05, 4.69) is 11.6 Å². The van der Waals surface area contributed by atoms with Gasteiger partial charge in [-0.2, -0.15) is 0 Å². The molecule has 0 aliphatic carbocycles. The molecule has 0 aliphatic heterocycles. The zero-order valence-corrected chi connectivity index (χ0v) is 11.8. The highest BCUT2D eigenvalue weighted by molar-refractivity contribution is 5.84. The number of ether oxygens (including phenoxy) is 1. The molecule has 1 atom stereocenters. The summed E-state index contributed by atoms with van der Waals surface area (Å²) < 4.78 is 5.32. The Morgan fingerprint density at radius 1 is 1.50 bits per heavy atom. The van der Waals surface area contributed by atoms with Crippen LogP contribution in [0.15, 0.2) is 43.1 Å². The third-order valence-electron chi connectivity index (χ3n) is 3.27. The van der Waals surface area contributed by atoms with E-state index >= 15 is 0 Å². The highest BCUT2D eigenvalue weighted by Gasteiger charge is 2.24. The van der Waals surface area contributed by atoms with Gasteiger partial charge in [-0.3, -0.25) is 4.79 Å². The summed E-state index contributed by atoms with van der Waals surface area (Å²) in [6.45, 7) is 7.19. The van der Waals surface area contributed by atoms with Crippen LogP contribution in [0.4, 0.5) is 0 Å². The molecule has 2 rings (SSSR count). The highest BCUT2D eigenvalue weighted by Crippen LogP contribution is 2.19. The van der Waals surface area contributed by atoms with Gasteiger partial charge in [0.25, 0.3) is 0 Å². The van der Waals surface area contributed by atoms with Crippen LogP contribution < -0.4 is 5.73 Å². The van der Waals surface area contributed by atoms with Crippen LogP contribution in [0.3, 0.4) is 0 Å². The number of rotatable bonds is 5. The molecule has 4 heteroatoms. The zero-order valence-electron chi connectivity index (χ0n) is 11.8. The number of hydrogen-bond donors (Lipinski definition) is 2. The number of carbonyl (C=O) groups excluding carboxylic acids is 1. The van der Waals surface area contributed by atoms with Crippen LogP contribution in [0, 0.1) is 0 Å². The first kappa shape index (κ1) is 14.3. The first-order valence-electron chi connectivity index (χ1n) is 6.60. The van der Waals surface area contributed by atoms with Gasteiger partial charge in [0, 0.05) is 23.5 Å². The molecule has 20 heavy (non-hydrogen) atoms. The van der Waals surface area contributed by atoms with Crippen molar-refractivity contribution < 1.29 is 9.53 Å². The second-order valence-electron chi connectivity index (χ2n) is 5.40. The number of nitrogens with one attached hydrogen (secondary N) is 1. The van der Waals surface area contributed by atoms with E-state index in [0.29, 0.717) is 6.42 Å². The van der Waals surface area contributed by atoms with Crippen molar-refractivity contribution in [3.8, 4) is 0 Å². The molecule has 0 bridgehead atoms. The fourth-order valence-corrected chi connectivity index (χ4v) is 2.00. The molecular weight excluding hydrogens is 252 g/mol. The van der Waals surface area contributed by atoms with Crippen LogP contribution in [0.1, 0.15) is 19.4 Å². The monoisotopic (exact) mass is 272 g/mol. The summed E-state index contributed by atoms with van der Waals surface area (Å²) in [5, 5.41) is 1.08. The zero-order chi connectivity index (χ0) is 14.8. The Labute approximate surface area is 118 Å². The molecule has 0 fully saturated rings. The van der Waals surface area contributed by atoms with E-state index in [1.165, 1.54) is 0 Å². The van der Waals surface area contributed by atoms with E-state index in [0.717, 1.165) is 16.5 Å². The Morgan fingerprint density at radius 3 is 2.90 bits per heavy atom. The lowest BCUT2D eigenvalue weighted by molar-refractivity contribution is -0.154. The van der Waals surface area contributed by atoms with Gasteiger partial charge >= 0.3 is 5.97 Å². The number of aromatic nitrogens is 1. The van der Waals surface area contributed by atoms with Gasteiger partial charge in [0.05, 0.1) is 0 Å². The molecule has 2 aromatic rings. The molecule has 0 radical (unpaired) electrons. The lowest BCUT2D eigenvalue weighted by Gasteiger charge is -2.23. The molecule has 0 saturated carbocycles. The van der Waals surface area contributed by atoms with Gasteiger partial charge in [-0.15, -0.1) is 0 Å². The molecule has 0 saturated heterocycles. The summed E-state index contributed by atoms with van der Waals surface area (Å²) >= 11 is 0. The number of benzene rings is 1. The van der Waals surface area contributed by atoms with Crippen molar-refractivity contribution in [1.29, 1.82) is 0 Å². The summed E-state index contributed by atoms with van der Waals surface area (Å²) in [6, 6.07) is 7.23. The van der Waals surface area contributed by atoms with Crippen molar-refractivity contribution in [2.24, 2.45) is 5.73 Å². The predicted octanol–water partition coefficient (Wildman–Crippen LogP) is 2.55. The van der Waals surface area contributed by atoms with E-state index in [4.69, 9.17) is 10.5 Å². The van der Waals surface area contributed by atoms with Crippen molar-refractivity contribution in [1.82, 2.24) is 4.98 Å². The van der Waals surface area contributed by atoms with Crippen molar-refractivity contribution in [2.75, 3.05) is 0 Å². The minimum absolute atomic E-state index is 0.416. The molecule has 0 spiro atoms. The average Bonchev–Trinajstić information content (AvgIpc) is 2.82. The number of nitrogens with two attached hydrogens (primary N) is 1. The number of carbonyl (C=O) groups is 1. The third kappa shape index (κ3) is 3.08. The first-order valence-corrected chi connectivity index (χ1v) is 6.60. The Balaban J connectivity index is 2.10. The van der Waals surface area contributed by atoms with Gasteiger partial charge in [0.15, 0.2) is 0 Å². The van der Waals surface area contributed by atoms with Crippen molar-refractivity contribution in [2.45, 2.75) is 31.9 Å². The van der Waals surface area contributed by atoms with Crippen LogP contribution in [0.5, 0.6) is 0 Å². The topological polar surface area (TPSA) is 68.1 Å². The number of aromatic amines is 1. The molecule has 0 amide bonds. The Kier molecular flexibility index (Phi) is 3.95. The van der Waals surface area contributed by atoms with E-state index in [-0.39, 0.29) is 0 Å². The van der Waals surface area contributed by atoms with Crippen molar-refractivity contribution in [3.63, 3.8) is 0 Å². The Bertz CT molecular complexity index is 628. The Morgan fingerprint density at radius 2 is 2.20 bits per heavy atom. The summed E-state index contributed by atoms with van der Waals surface area (Å²) in [6.07, 6.45) is 3.91. The van der Waals surface area contributed by atoms with Gasteiger partial charge in [0.1, 0.15) is 11.6 Å². The van der Waals surface area contributed by atoms with Gasteiger partial charge < -0.3 is 15.5 Å². The second-order valence-corrected chi connectivity index (χ2v) is 5.40. The molecule has 0 unspecified atom stereocenters. The van der Waals surface area contributed by atoms with Gasteiger partial charge in [0.2, 0.25) is 0 Å². The Hall–Kier alpha value is -2.07. The molecule has 1 aromatic carbocycles. The molecule has 3 N–H and O–H groups in total. The molecule has 106 valence electrons. The van der Waals surface area contributed by atoms with Gasteiger partial charge in [-0.05, 0) is 31.6 Å². The summed E-state index contributed by atoms with van der Waals surface area (Å²) in [5.74, 6) is -0.416. The van der Waals surface area contributed by atoms with Crippen LogP contribution in [-0.2, 0) is 16.0 Å². The van der Waals surface area contributed by atoms with E-state index in [1.807, 2.05) is 30.5 Å². The molecule has 1 aromatic heterocycles. The SMILES string of the molecule is C=CC(C)(C)OC(=O)[C@@H](N)Cc1c[nH]c2ccccc12. The third-order valence-corrected chi connectivity index (χ3v) is 3.27. The maximum Gasteiger partial charge on any atom is 0.324 e. The van der Waals surface area contributed by atoms with Gasteiger partial charge in [-0.1, -0.05) is 24.8 Å². The first-order chi connectivity index (χ1) is 9.43. The average molecular weight is 272 g/mol. The van der Waals surface area contributed by atoms with Gasteiger partial charge in [-0.25, -0.2) is 0 Å². The summed E-state index contributed by atoms with van der Waals surface area (Å²) in [7, 11) is 0. The van der Waals surface area contributed by atoms with Crippen LogP contribution in [0.25, 0.3) is 10.9 Å². The number of hydrogen-bond acceptors (Lipinski definition) is 3. The lowest BCUT2D eigenvalue weighted by Crippen LogP contribution is -2.39. The number of H-pyrrole nitrogens is 1. The minimum atomic E-state index is -0.699. The highest BCUT2D eigenvalue weighted by atomic mass is 16.6. The summed E-state index contributed by atoms with van der Waals surface area (Å²) in [5.41, 5.74) is 7.29. The lowest BCUT2D eigenvalue weighted by atomic mass is 10.1. The predicted molar refractivity (Wildman–Crippen MR) is 80.3 cm³/mol. The molecule has 0 aliphatic rings. The number of esters is 1. The smallest absolute Gasteiger partial charge is 0.324 e. The maximum absolute atomic E-state index is 12.0. The minimum Gasteiger partial charge on any atom is -0.454 e. The van der Waals surface area contributed by atoms with Crippen molar-refractivity contribution in [3.05, 3.63) is 48.7 Å². The van der Waals surface area contributed by atoms with E-state index in [9.17, 15) is 4.79 Å². The standard InChI is InChI=1S/C16H20N2O2/c1-4-16(2,3)20-15(19)13(17)9-11-10-18-14-8-6-5-7-12(11)14/h4-8,10,13,18H,1,9,17H2,2-3H3/t13-/m0/s1. The van der Waals surface area contributed by atoms with Crippen LogP contribution >= 0.6 is 0 Å². The maximum atomic E-state index is 12.0. The van der Waals surface area contributed by atoms with E-state index in [1.54, 1.807) is 19.9 Å². The molecule has 4 nitrogen and oxygen atoms in total. The second kappa shape index (κ2) is 5.51. The molecule has 1 heterocycles. The number of para-hydroxylation sites is 1. The van der Waals surface area contributed by atoms with Crippen LogP contribution in [0.2, 0.25) is 0 Å². The van der Waals surface area contributed by atoms with Crippen LogP contribution in [-0.4, -0.2) is 22.6 Å². The normalized spacial score (nSPS) is 13.2. The summed E-state index contributed by atoms with van der Waals surface area (Å²) in [4.78, 5) is 15.1.